The lowest BCUT2D eigenvalue weighted by Crippen LogP contribution is -2.19. The lowest BCUT2D eigenvalue weighted by Gasteiger charge is -2.19. The minimum Gasteiger partial charge on any atom is -0.493 e. The maximum absolute atomic E-state index is 13.0. The Morgan fingerprint density at radius 2 is 1.88 bits per heavy atom. The van der Waals surface area contributed by atoms with Crippen LogP contribution >= 0.6 is 0 Å². The van der Waals surface area contributed by atoms with E-state index in [9.17, 15) is 23.1 Å². The van der Waals surface area contributed by atoms with Gasteiger partial charge in [0.2, 0.25) is 0 Å². The standard InChI is InChI=1S/C26H31F3O4/c1-3-6-18-15-19(26(27,28)29)8-12-24(18)33-14-5-13-32-20-9-11-22-17(16-20)7-10-23(22)21(4-2)25(30)31/h8-9,11-12,15-16,21,23H,3-7,10,13-14H2,1-2H3,(H,30,31)/t21?,23-/m0/s1. The second-order valence-corrected chi connectivity index (χ2v) is 8.48. The molecule has 0 amide bonds. The first-order valence-corrected chi connectivity index (χ1v) is 11.6. The number of fused-ring (bicyclic) bond motifs is 1. The summed E-state index contributed by atoms with van der Waals surface area (Å²) in [5.41, 5.74) is 2.15. The van der Waals surface area contributed by atoms with Crippen LogP contribution in [0.3, 0.4) is 0 Å². The third-order valence-electron chi connectivity index (χ3n) is 6.20. The Morgan fingerprint density at radius 1 is 1.12 bits per heavy atom. The number of aliphatic carboxylic acids is 1. The predicted octanol–water partition coefficient (Wildman–Crippen LogP) is 6.65. The zero-order valence-electron chi connectivity index (χ0n) is 19.1. The van der Waals surface area contributed by atoms with Crippen molar-refractivity contribution in [3.63, 3.8) is 0 Å². The molecule has 0 aliphatic heterocycles. The molecule has 2 atom stereocenters. The van der Waals surface area contributed by atoms with E-state index >= 15 is 0 Å². The largest absolute Gasteiger partial charge is 0.493 e. The number of rotatable bonds is 11. The number of hydrogen-bond donors (Lipinski definition) is 1. The van der Waals surface area contributed by atoms with Crippen LogP contribution < -0.4 is 9.47 Å². The molecule has 0 heterocycles. The van der Waals surface area contributed by atoms with E-state index in [1.807, 2.05) is 32.0 Å². The van der Waals surface area contributed by atoms with Crippen molar-refractivity contribution in [2.45, 2.75) is 64.5 Å². The number of halogens is 3. The van der Waals surface area contributed by atoms with Gasteiger partial charge in [0.05, 0.1) is 24.7 Å². The normalized spacial score (nSPS) is 16.3. The lowest BCUT2D eigenvalue weighted by atomic mass is 9.85. The SMILES string of the molecule is CCCc1cc(C(F)(F)F)ccc1OCCCOc1ccc2c(c1)CC[C@H]2C(CC)C(=O)O. The van der Waals surface area contributed by atoms with Crippen LogP contribution in [0.1, 0.15) is 67.7 Å². The molecule has 1 unspecified atom stereocenters. The van der Waals surface area contributed by atoms with E-state index in [0.29, 0.717) is 43.8 Å². The second kappa shape index (κ2) is 10.9. The van der Waals surface area contributed by atoms with Gasteiger partial charge in [-0.25, -0.2) is 0 Å². The highest BCUT2D eigenvalue weighted by atomic mass is 19.4. The highest BCUT2D eigenvalue weighted by Gasteiger charge is 2.33. The van der Waals surface area contributed by atoms with Gasteiger partial charge in [0.1, 0.15) is 11.5 Å². The van der Waals surface area contributed by atoms with Crippen molar-refractivity contribution in [2.24, 2.45) is 5.92 Å². The minimum atomic E-state index is -4.37. The van der Waals surface area contributed by atoms with Crippen molar-refractivity contribution in [2.75, 3.05) is 13.2 Å². The fourth-order valence-corrected chi connectivity index (χ4v) is 4.56. The summed E-state index contributed by atoms with van der Waals surface area (Å²) in [6.07, 6.45) is -0.240. The Morgan fingerprint density at radius 3 is 2.55 bits per heavy atom. The molecule has 7 heteroatoms. The van der Waals surface area contributed by atoms with Crippen LogP contribution in [-0.4, -0.2) is 24.3 Å². The maximum atomic E-state index is 13.0. The summed E-state index contributed by atoms with van der Waals surface area (Å²) in [6.45, 7) is 4.58. The molecule has 2 aromatic carbocycles. The van der Waals surface area contributed by atoms with Crippen molar-refractivity contribution < 1.29 is 32.5 Å². The predicted molar refractivity (Wildman–Crippen MR) is 120 cm³/mol. The Bertz CT molecular complexity index is 955. The van der Waals surface area contributed by atoms with Gasteiger partial charge in [-0.05, 0) is 78.6 Å². The molecule has 0 radical (unpaired) electrons. The molecule has 1 N–H and O–H groups in total. The van der Waals surface area contributed by atoms with E-state index in [0.717, 1.165) is 42.2 Å². The summed E-state index contributed by atoms with van der Waals surface area (Å²) in [4.78, 5) is 11.5. The second-order valence-electron chi connectivity index (χ2n) is 8.48. The molecule has 2 aromatic rings. The van der Waals surface area contributed by atoms with Crippen LogP contribution in [0.4, 0.5) is 13.2 Å². The highest BCUT2D eigenvalue weighted by molar-refractivity contribution is 5.71. The molecule has 1 aliphatic carbocycles. The molecule has 1 aliphatic rings. The number of benzene rings is 2. The first-order valence-electron chi connectivity index (χ1n) is 11.6. The molecule has 0 saturated heterocycles. The van der Waals surface area contributed by atoms with Gasteiger partial charge in [-0.3, -0.25) is 4.79 Å². The average Bonchev–Trinajstić information content (AvgIpc) is 3.17. The van der Waals surface area contributed by atoms with Crippen LogP contribution in [0.15, 0.2) is 36.4 Å². The molecular formula is C26H31F3O4. The van der Waals surface area contributed by atoms with E-state index in [-0.39, 0.29) is 11.8 Å². The van der Waals surface area contributed by atoms with Gasteiger partial charge in [0, 0.05) is 6.42 Å². The van der Waals surface area contributed by atoms with Crippen molar-refractivity contribution in [1.82, 2.24) is 0 Å². The van der Waals surface area contributed by atoms with Crippen LogP contribution in [0.25, 0.3) is 0 Å². The summed E-state index contributed by atoms with van der Waals surface area (Å²) >= 11 is 0. The van der Waals surface area contributed by atoms with Crippen molar-refractivity contribution in [3.05, 3.63) is 58.7 Å². The Kier molecular flexibility index (Phi) is 8.27. The van der Waals surface area contributed by atoms with E-state index in [1.54, 1.807) is 0 Å². The smallest absolute Gasteiger partial charge is 0.416 e. The molecule has 0 bridgehead atoms. The number of carbonyl (C=O) groups is 1. The molecule has 180 valence electrons. The van der Waals surface area contributed by atoms with E-state index in [1.165, 1.54) is 12.1 Å². The molecule has 4 nitrogen and oxygen atoms in total. The zero-order valence-corrected chi connectivity index (χ0v) is 19.1. The van der Waals surface area contributed by atoms with Gasteiger partial charge >= 0.3 is 12.1 Å². The third kappa shape index (κ3) is 6.21. The summed E-state index contributed by atoms with van der Waals surface area (Å²) in [7, 11) is 0. The summed E-state index contributed by atoms with van der Waals surface area (Å²) in [5.74, 6) is 0.158. The van der Waals surface area contributed by atoms with Crippen LogP contribution in [-0.2, 0) is 23.8 Å². The van der Waals surface area contributed by atoms with Gasteiger partial charge in [-0.1, -0.05) is 26.3 Å². The number of alkyl halides is 3. The van der Waals surface area contributed by atoms with Gasteiger partial charge in [-0.2, -0.15) is 13.2 Å². The van der Waals surface area contributed by atoms with E-state index < -0.39 is 17.7 Å². The van der Waals surface area contributed by atoms with Crippen molar-refractivity contribution in [3.8, 4) is 11.5 Å². The van der Waals surface area contributed by atoms with Crippen LogP contribution in [0.5, 0.6) is 11.5 Å². The molecule has 0 aromatic heterocycles. The molecule has 0 spiro atoms. The van der Waals surface area contributed by atoms with Gasteiger partial charge in [0.15, 0.2) is 0 Å². The summed E-state index contributed by atoms with van der Waals surface area (Å²) < 4.78 is 50.5. The monoisotopic (exact) mass is 464 g/mol. The Balaban J connectivity index is 1.52. The van der Waals surface area contributed by atoms with Gasteiger partial charge in [0.25, 0.3) is 0 Å². The first-order chi connectivity index (χ1) is 15.7. The average molecular weight is 465 g/mol. The Labute approximate surface area is 192 Å². The summed E-state index contributed by atoms with van der Waals surface area (Å²) in [6, 6.07) is 9.45. The molecular weight excluding hydrogens is 433 g/mol. The zero-order chi connectivity index (χ0) is 24.0. The molecule has 3 rings (SSSR count). The number of hydrogen-bond acceptors (Lipinski definition) is 3. The van der Waals surface area contributed by atoms with Crippen LogP contribution in [0, 0.1) is 5.92 Å². The Hall–Kier alpha value is -2.70. The minimum absolute atomic E-state index is 0.0472. The number of aryl methyl sites for hydroxylation is 2. The highest BCUT2D eigenvalue weighted by Crippen LogP contribution is 2.41. The van der Waals surface area contributed by atoms with Crippen molar-refractivity contribution >= 4 is 5.97 Å². The quantitative estimate of drug-likeness (QED) is 0.379. The fraction of sp³-hybridized carbons (Fsp3) is 0.500. The van der Waals surface area contributed by atoms with Gasteiger partial charge in [-0.15, -0.1) is 0 Å². The molecule has 0 saturated carbocycles. The van der Waals surface area contributed by atoms with E-state index in [2.05, 4.69) is 0 Å². The van der Waals surface area contributed by atoms with E-state index in [4.69, 9.17) is 9.47 Å². The fourth-order valence-electron chi connectivity index (χ4n) is 4.56. The topological polar surface area (TPSA) is 55.8 Å². The molecule has 33 heavy (non-hydrogen) atoms. The van der Waals surface area contributed by atoms with Crippen molar-refractivity contribution in [1.29, 1.82) is 0 Å². The number of carboxylic acids is 1. The number of carboxylic acid groups (broad SMARTS) is 1. The summed E-state index contributed by atoms with van der Waals surface area (Å²) in [5, 5.41) is 9.47. The first kappa shape index (κ1) is 24.9. The van der Waals surface area contributed by atoms with Gasteiger partial charge < -0.3 is 14.6 Å². The number of ether oxygens (including phenoxy) is 2. The maximum Gasteiger partial charge on any atom is 0.416 e. The lowest BCUT2D eigenvalue weighted by molar-refractivity contribution is -0.142. The molecule has 0 fully saturated rings. The van der Waals surface area contributed by atoms with Crippen LogP contribution in [0.2, 0.25) is 0 Å². The third-order valence-corrected chi connectivity index (χ3v) is 6.20.